The number of nitrogens with one attached hydrogen (secondary N) is 1. The van der Waals surface area contributed by atoms with Crippen LogP contribution in [0.3, 0.4) is 0 Å². The maximum absolute atomic E-state index is 15.8. The number of likely N-dealkylation sites (N-methyl/N-ethyl adjacent to an activating group) is 1. The largest absolute Gasteiger partial charge is 0.455 e. The van der Waals surface area contributed by atoms with Gasteiger partial charge in [-0.25, -0.2) is 14.4 Å². The molecule has 1 amide bonds. The van der Waals surface area contributed by atoms with E-state index in [4.69, 9.17) is 37.9 Å². The normalized spacial score (nSPS) is 29.7. The van der Waals surface area contributed by atoms with Gasteiger partial charge in [-0.3, -0.25) is 24.1 Å². The molecule has 2 bridgehead atoms. The van der Waals surface area contributed by atoms with Gasteiger partial charge in [0, 0.05) is 45.3 Å². The maximum Gasteiger partial charge on any atom is 0.408 e. The number of alkyl carbamates (subject to hydrolysis) is 1. The van der Waals surface area contributed by atoms with E-state index in [-0.39, 0.29) is 42.4 Å². The number of ketones is 2. The molecule has 0 aromatic heterocycles. The van der Waals surface area contributed by atoms with E-state index in [1.807, 2.05) is 0 Å². The zero-order chi connectivity index (χ0) is 52.6. The van der Waals surface area contributed by atoms with Crippen LogP contribution in [0.1, 0.15) is 104 Å². The van der Waals surface area contributed by atoms with E-state index >= 15 is 9.59 Å². The Bertz CT molecular complexity index is 2380. The van der Waals surface area contributed by atoms with Gasteiger partial charge in [0.15, 0.2) is 11.4 Å². The number of amides is 1. The van der Waals surface area contributed by atoms with E-state index in [0.29, 0.717) is 11.1 Å². The molecule has 0 radical (unpaired) electrons. The number of fused-ring (bicyclic) bond motifs is 5. The minimum Gasteiger partial charge on any atom is -0.455 e. The van der Waals surface area contributed by atoms with Gasteiger partial charge < -0.3 is 48.3 Å². The van der Waals surface area contributed by atoms with Crippen LogP contribution in [-0.4, -0.2) is 146 Å². The van der Waals surface area contributed by atoms with Crippen LogP contribution in [-0.2, 0) is 61.9 Å². The molecule has 2 N–H and O–H groups in total. The Balaban J connectivity index is 1.54. The molecule has 1 saturated heterocycles. The second kappa shape index (κ2) is 20.9. The Morgan fingerprint density at radius 1 is 0.915 bits per heavy atom. The monoisotopic (exact) mass is 990 g/mol. The van der Waals surface area contributed by atoms with Crippen molar-refractivity contribution >= 4 is 41.5 Å². The Kier molecular flexibility index (Phi) is 16.1. The predicted molar refractivity (Wildman–Crippen MR) is 254 cm³/mol. The molecule has 0 spiro atoms. The summed E-state index contributed by atoms with van der Waals surface area (Å²) in [6.45, 7) is 15.4. The highest BCUT2D eigenvalue weighted by molar-refractivity contribution is 5.94. The average Bonchev–Trinajstić information content (AvgIpc) is 3.28. The number of hydrogen-bond acceptors (Lipinski definition) is 17. The van der Waals surface area contributed by atoms with Crippen LogP contribution in [0.15, 0.2) is 71.8 Å². The fourth-order valence-electron chi connectivity index (χ4n) is 11.1. The zero-order valence-corrected chi connectivity index (χ0v) is 43.0. The van der Waals surface area contributed by atoms with Crippen LogP contribution in [0.5, 0.6) is 0 Å². The van der Waals surface area contributed by atoms with Gasteiger partial charge in [0.05, 0.1) is 42.7 Å². The first-order chi connectivity index (χ1) is 33.2. The van der Waals surface area contributed by atoms with Crippen molar-refractivity contribution in [1.29, 1.82) is 0 Å². The summed E-state index contributed by atoms with van der Waals surface area (Å²) in [6.07, 6.45) is -9.77. The minimum absolute atomic E-state index is 0.0856. The molecule has 6 rings (SSSR count). The number of rotatable bonds is 16. The molecule has 388 valence electrons. The highest BCUT2D eigenvalue weighted by atomic mass is 16.6. The maximum atomic E-state index is 15.8. The van der Waals surface area contributed by atoms with Crippen LogP contribution >= 0.6 is 0 Å². The Hall–Kier alpha value is -5.53. The van der Waals surface area contributed by atoms with Crippen molar-refractivity contribution in [3.63, 3.8) is 0 Å². The third kappa shape index (κ3) is 10.5. The number of methoxy groups -OCH3 is 2. The van der Waals surface area contributed by atoms with E-state index in [1.165, 1.54) is 45.2 Å². The first-order valence-corrected chi connectivity index (χ1v) is 23.9. The summed E-state index contributed by atoms with van der Waals surface area (Å²) in [7, 11) is 4.29. The molecular formula is C53H70N2O16. The number of aliphatic hydroxyl groups is 1. The van der Waals surface area contributed by atoms with E-state index in [0.717, 1.165) is 0 Å². The number of Topliss-reactive ketones (excluding diaryl/α,β-unsaturated/α-hetero) is 2. The quantitative estimate of drug-likeness (QED) is 0.124. The van der Waals surface area contributed by atoms with Crippen molar-refractivity contribution in [3.8, 4) is 0 Å². The smallest absolute Gasteiger partial charge is 0.408 e. The van der Waals surface area contributed by atoms with E-state index in [1.54, 1.807) is 111 Å². The molecule has 3 unspecified atom stereocenters. The van der Waals surface area contributed by atoms with Crippen LogP contribution < -0.4 is 5.32 Å². The molecule has 1 heterocycles. The number of hydrogen-bond donors (Lipinski definition) is 2. The second-order valence-electron chi connectivity index (χ2n) is 21.3. The molecule has 18 heteroatoms. The van der Waals surface area contributed by atoms with Crippen LogP contribution in [0.4, 0.5) is 4.79 Å². The van der Waals surface area contributed by atoms with Gasteiger partial charge in [0.1, 0.15) is 47.4 Å². The third-order valence-electron chi connectivity index (χ3n) is 14.7. The SMILES string of the molecule is CO[C@H]1C(=O)[C@@]2(C)C(C(OC(=O)c3ccccc3)[C@]3(O)C[C@H](OC(=O)[C@H](OC(=O)CN(C)CC(=O)C(C)C)[C@@H](NC(=O)OC(C)(C)C)c4ccccc4)C(C)=C1C3(C)C)[C@]1(OC(C)=O)COC1C[C@@H]2OC. The predicted octanol–water partition coefficient (Wildman–Crippen LogP) is 5.28. The molecule has 3 aliphatic carbocycles. The van der Waals surface area contributed by atoms with Gasteiger partial charge in [-0.15, -0.1) is 0 Å². The first-order valence-electron chi connectivity index (χ1n) is 23.9. The van der Waals surface area contributed by atoms with Crippen molar-refractivity contribution in [2.45, 2.75) is 142 Å². The van der Waals surface area contributed by atoms with E-state index < -0.39 is 125 Å². The lowest BCUT2D eigenvalue weighted by molar-refractivity contribution is -0.347. The summed E-state index contributed by atoms with van der Waals surface area (Å²) in [5.74, 6) is -6.11. The van der Waals surface area contributed by atoms with Crippen molar-refractivity contribution in [2.75, 3.05) is 41.0 Å². The van der Waals surface area contributed by atoms with E-state index in [2.05, 4.69) is 5.32 Å². The average molecular weight is 991 g/mol. The lowest BCUT2D eigenvalue weighted by Gasteiger charge is -2.67. The Labute approximate surface area is 415 Å². The van der Waals surface area contributed by atoms with Crippen molar-refractivity contribution in [3.05, 3.63) is 82.9 Å². The third-order valence-corrected chi connectivity index (χ3v) is 14.7. The highest BCUT2D eigenvalue weighted by Crippen LogP contribution is 2.65. The van der Waals surface area contributed by atoms with Gasteiger partial charge in [0.2, 0.25) is 6.10 Å². The molecule has 71 heavy (non-hydrogen) atoms. The number of nitrogens with zero attached hydrogens (tertiary/aromatic N) is 1. The molecule has 2 aromatic rings. The van der Waals surface area contributed by atoms with Gasteiger partial charge >= 0.3 is 30.0 Å². The van der Waals surface area contributed by atoms with Gasteiger partial charge in [-0.05, 0) is 70.5 Å². The summed E-state index contributed by atoms with van der Waals surface area (Å²) >= 11 is 0. The standard InChI is InChI=1S/C53H70N2O16/c1-29(2)34(57)26-55(11)27-38(58)68-42(40(32-20-16-14-17-21-32)54-48(62)71-49(5,6)7)47(61)67-35-25-53(63)45(69-46(60)33-22-18-15-19-23-33)43-51(10,44(59)41(65-13)39(30(35)3)50(53,8)9)36(64-12)24-37-52(43,28-66-37)70-31(4)56/h14-23,29,35-37,40-43,45,63H,24-28H2,1-13H3,(H,54,62)/t35-,36-,37?,40-,41+,42+,43?,45?,51+,52-,53+/m0/s1. The topological polar surface area (TPSA) is 229 Å². The number of carbonyl (C=O) groups is 7. The lowest BCUT2D eigenvalue weighted by Crippen LogP contribution is -2.82. The van der Waals surface area contributed by atoms with Gasteiger partial charge in [0.25, 0.3) is 0 Å². The molecule has 1 aliphatic heterocycles. The number of ether oxygens (including phenoxy) is 8. The van der Waals surface area contributed by atoms with Crippen molar-refractivity contribution in [1.82, 2.24) is 10.2 Å². The van der Waals surface area contributed by atoms with Gasteiger partial charge in [-0.2, -0.15) is 0 Å². The molecule has 3 fully saturated rings. The molecule has 2 aromatic carbocycles. The summed E-state index contributed by atoms with van der Waals surface area (Å²) in [5.41, 5.74) is -7.29. The van der Waals surface area contributed by atoms with E-state index in [9.17, 15) is 29.1 Å². The Morgan fingerprint density at radius 2 is 1.54 bits per heavy atom. The number of benzene rings is 2. The molecule has 2 saturated carbocycles. The number of esters is 4. The summed E-state index contributed by atoms with van der Waals surface area (Å²) in [5, 5.41) is 16.7. The summed E-state index contributed by atoms with van der Waals surface area (Å²) in [6, 6.07) is 14.8. The molecule has 4 aliphatic rings. The number of carbonyl (C=O) groups excluding carboxylic acids is 7. The second-order valence-corrected chi connectivity index (χ2v) is 21.3. The summed E-state index contributed by atoms with van der Waals surface area (Å²) in [4.78, 5) is 100. The lowest BCUT2D eigenvalue weighted by atomic mass is 9.44. The molecule has 11 atom stereocenters. The van der Waals surface area contributed by atoms with Crippen LogP contribution in [0.2, 0.25) is 0 Å². The molecular weight excluding hydrogens is 921 g/mol. The van der Waals surface area contributed by atoms with Gasteiger partial charge in [-0.1, -0.05) is 76.2 Å². The van der Waals surface area contributed by atoms with Crippen molar-refractivity contribution < 1.29 is 76.6 Å². The molecule has 18 nitrogen and oxygen atoms in total. The highest BCUT2D eigenvalue weighted by Gasteiger charge is 2.78. The fraction of sp³-hybridized carbons (Fsp3) is 0.604. The minimum atomic E-state index is -2.31. The fourth-order valence-corrected chi connectivity index (χ4v) is 11.1. The van der Waals surface area contributed by atoms with Crippen molar-refractivity contribution in [2.24, 2.45) is 22.7 Å². The first kappa shape index (κ1) is 54.8. The zero-order valence-electron chi connectivity index (χ0n) is 43.0. The Morgan fingerprint density at radius 3 is 2.07 bits per heavy atom. The summed E-state index contributed by atoms with van der Waals surface area (Å²) < 4.78 is 49.1. The van der Waals surface area contributed by atoms with Crippen LogP contribution in [0.25, 0.3) is 0 Å². The van der Waals surface area contributed by atoms with Crippen LogP contribution in [0, 0.1) is 22.7 Å².